The van der Waals surface area contributed by atoms with Crippen molar-refractivity contribution in [1.82, 2.24) is 10.3 Å². The van der Waals surface area contributed by atoms with Gasteiger partial charge < -0.3 is 16.0 Å². The molecule has 19 heavy (non-hydrogen) atoms. The first kappa shape index (κ1) is 15.4. The van der Waals surface area contributed by atoms with Gasteiger partial charge >= 0.3 is 0 Å². The van der Waals surface area contributed by atoms with Gasteiger partial charge in [0.05, 0.1) is 5.56 Å². The van der Waals surface area contributed by atoms with Gasteiger partial charge in [-0.1, -0.05) is 6.92 Å². The fourth-order valence-electron chi connectivity index (χ4n) is 1.82. The number of nitrogens with zero attached hydrogens (tertiary/aromatic N) is 2. The standard InChI is InChI=1S/C14H24N4O/c1-3-10-18(4-2)13-7-6-12(11-17-13)14(19)16-9-5-8-15/h6-7,11H,3-5,8-10,15H2,1-2H3,(H,16,19). The van der Waals surface area contributed by atoms with E-state index in [1.165, 1.54) is 0 Å². The lowest BCUT2D eigenvalue weighted by molar-refractivity contribution is 0.0953. The summed E-state index contributed by atoms with van der Waals surface area (Å²) in [5.41, 5.74) is 5.97. The zero-order valence-corrected chi connectivity index (χ0v) is 11.9. The number of nitrogens with two attached hydrogens (primary N) is 1. The molecule has 3 N–H and O–H groups in total. The van der Waals surface area contributed by atoms with E-state index in [0.717, 1.165) is 31.7 Å². The Balaban J connectivity index is 2.62. The molecule has 0 saturated carbocycles. The van der Waals surface area contributed by atoms with Crippen LogP contribution in [0.5, 0.6) is 0 Å². The molecule has 1 aromatic rings. The molecule has 0 fully saturated rings. The fraction of sp³-hybridized carbons (Fsp3) is 0.571. The van der Waals surface area contributed by atoms with Crippen molar-refractivity contribution in [3.63, 3.8) is 0 Å². The van der Waals surface area contributed by atoms with Crippen LogP contribution in [0, 0.1) is 0 Å². The molecule has 5 nitrogen and oxygen atoms in total. The first-order valence-corrected chi connectivity index (χ1v) is 6.92. The Kier molecular flexibility index (Phi) is 6.89. The Morgan fingerprint density at radius 3 is 2.74 bits per heavy atom. The summed E-state index contributed by atoms with van der Waals surface area (Å²) in [5, 5.41) is 2.82. The minimum absolute atomic E-state index is 0.0916. The summed E-state index contributed by atoms with van der Waals surface area (Å²) in [5.74, 6) is 0.828. The molecule has 1 heterocycles. The topological polar surface area (TPSA) is 71.2 Å². The van der Waals surface area contributed by atoms with Crippen LogP contribution in [-0.4, -0.2) is 37.1 Å². The third-order valence-electron chi connectivity index (χ3n) is 2.88. The average molecular weight is 264 g/mol. The number of rotatable bonds is 8. The second kappa shape index (κ2) is 8.48. The Labute approximate surface area is 115 Å². The third-order valence-corrected chi connectivity index (χ3v) is 2.88. The van der Waals surface area contributed by atoms with Gasteiger partial charge in [0.15, 0.2) is 0 Å². The van der Waals surface area contributed by atoms with Crippen LogP contribution in [0.15, 0.2) is 18.3 Å². The SMILES string of the molecule is CCCN(CC)c1ccc(C(=O)NCCCN)cn1. The number of hydrogen-bond acceptors (Lipinski definition) is 4. The first-order chi connectivity index (χ1) is 9.22. The first-order valence-electron chi connectivity index (χ1n) is 6.92. The second-order valence-electron chi connectivity index (χ2n) is 4.38. The predicted molar refractivity (Wildman–Crippen MR) is 78.4 cm³/mol. The van der Waals surface area contributed by atoms with E-state index in [4.69, 9.17) is 5.73 Å². The van der Waals surface area contributed by atoms with Crippen molar-refractivity contribution < 1.29 is 4.79 Å². The van der Waals surface area contributed by atoms with Crippen molar-refractivity contribution in [1.29, 1.82) is 0 Å². The number of anilines is 1. The van der Waals surface area contributed by atoms with E-state index < -0.39 is 0 Å². The van der Waals surface area contributed by atoms with E-state index in [2.05, 4.69) is 29.0 Å². The maximum Gasteiger partial charge on any atom is 0.252 e. The summed E-state index contributed by atoms with van der Waals surface area (Å²) >= 11 is 0. The van der Waals surface area contributed by atoms with Crippen molar-refractivity contribution in [3.05, 3.63) is 23.9 Å². The van der Waals surface area contributed by atoms with Gasteiger partial charge in [0.1, 0.15) is 5.82 Å². The zero-order valence-electron chi connectivity index (χ0n) is 11.9. The molecule has 0 saturated heterocycles. The number of hydrogen-bond donors (Lipinski definition) is 2. The molecule has 0 aliphatic rings. The molecule has 0 aliphatic carbocycles. The minimum atomic E-state index is -0.0916. The highest BCUT2D eigenvalue weighted by atomic mass is 16.1. The number of nitrogens with one attached hydrogen (secondary N) is 1. The monoisotopic (exact) mass is 264 g/mol. The van der Waals surface area contributed by atoms with Crippen LogP contribution in [0.2, 0.25) is 0 Å². The molecule has 0 aromatic carbocycles. The summed E-state index contributed by atoms with van der Waals surface area (Å²) in [7, 11) is 0. The largest absolute Gasteiger partial charge is 0.357 e. The number of pyridine rings is 1. The number of amides is 1. The second-order valence-corrected chi connectivity index (χ2v) is 4.38. The van der Waals surface area contributed by atoms with Gasteiger partial charge in [-0.15, -0.1) is 0 Å². The summed E-state index contributed by atoms with van der Waals surface area (Å²) < 4.78 is 0. The molecule has 0 bridgehead atoms. The lowest BCUT2D eigenvalue weighted by Crippen LogP contribution is -2.27. The smallest absolute Gasteiger partial charge is 0.252 e. The molecule has 0 aliphatic heterocycles. The van der Waals surface area contributed by atoms with Crippen molar-refractivity contribution in [2.75, 3.05) is 31.1 Å². The molecule has 1 amide bonds. The molecule has 0 atom stereocenters. The highest BCUT2D eigenvalue weighted by Gasteiger charge is 2.08. The van der Waals surface area contributed by atoms with E-state index in [9.17, 15) is 4.79 Å². The summed E-state index contributed by atoms with van der Waals surface area (Å²) in [6.07, 6.45) is 3.50. The Morgan fingerprint density at radius 2 is 2.21 bits per heavy atom. The molecule has 0 spiro atoms. The van der Waals surface area contributed by atoms with Crippen LogP contribution in [-0.2, 0) is 0 Å². The summed E-state index contributed by atoms with van der Waals surface area (Å²) in [4.78, 5) is 18.3. The van der Waals surface area contributed by atoms with Crippen molar-refractivity contribution in [3.8, 4) is 0 Å². The number of aromatic nitrogens is 1. The third kappa shape index (κ3) is 4.87. The van der Waals surface area contributed by atoms with E-state index in [-0.39, 0.29) is 5.91 Å². The van der Waals surface area contributed by atoms with Crippen LogP contribution >= 0.6 is 0 Å². The van der Waals surface area contributed by atoms with Gasteiger partial charge in [0, 0.05) is 25.8 Å². The predicted octanol–water partition coefficient (Wildman–Crippen LogP) is 1.40. The molecule has 0 radical (unpaired) electrons. The van der Waals surface area contributed by atoms with Crippen molar-refractivity contribution >= 4 is 11.7 Å². The quantitative estimate of drug-likeness (QED) is 0.696. The Morgan fingerprint density at radius 1 is 1.42 bits per heavy atom. The van der Waals surface area contributed by atoms with Gasteiger partial charge in [-0.25, -0.2) is 4.98 Å². The summed E-state index contributed by atoms with van der Waals surface area (Å²) in [6.45, 7) is 7.33. The fourth-order valence-corrected chi connectivity index (χ4v) is 1.82. The van der Waals surface area contributed by atoms with E-state index in [1.807, 2.05) is 12.1 Å². The molecular weight excluding hydrogens is 240 g/mol. The van der Waals surface area contributed by atoms with Gasteiger partial charge in [-0.2, -0.15) is 0 Å². The number of carbonyl (C=O) groups excluding carboxylic acids is 1. The van der Waals surface area contributed by atoms with Crippen LogP contribution in [0.1, 0.15) is 37.0 Å². The van der Waals surface area contributed by atoms with Crippen LogP contribution in [0.4, 0.5) is 5.82 Å². The van der Waals surface area contributed by atoms with Crippen molar-refractivity contribution in [2.24, 2.45) is 5.73 Å². The van der Waals surface area contributed by atoms with Gasteiger partial charge in [-0.3, -0.25) is 4.79 Å². The van der Waals surface area contributed by atoms with E-state index in [1.54, 1.807) is 6.20 Å². The maximum absolute atomic E-state index is 11.8. The van der Waals surface area contributed by atoms with Crippen LogP contribution in [0.25, 0.3) is 0 Å². The van der Waals surface area contributed by atoms with Gasteiger partial charge in [0.2, 0.25) is 0 Å². The minimum Gasteiger partial charge on any atom is -0.357 e. The molecule has 5 heteroatoms. The molecule has 1 aromatic heterocycles. The van der Waals surface area contributed by atoms with E-state index in [0.29, 0.717) is 18.7 Å². The van der Waals surface area contributed by atoms with Crippen LogP contribution in [0.3, 0.4) is 0 Å². The summed E-state index contributed by atoms with van der Waals surface area (Å²) in [6, 6.07) is 3.72. The highest BCUT2D eigenvalue weighted by molar-refractivity contribution is 5.94. The van der Waals surface area contributed by atoms with Crippen LogP contribution < -0.4 is 16.0 Å². The Bertz CT molecular complexity index is 378. The molecule has 1 rings (SSSR count). The Hall–Kier alpha value is -1.62. The molecule has 106 valence electrons. The lowest BCUT2D eigenvalue weighted by Gasteiger charge is -2.21. The van der Waals surface area contributed by atoms with Gasteiger partial charge in [-0.05, 0) is 38.4 Å². The average Bonchev–Trinajstić information content (AvgIpc) is 2.45. The normalized spacial score (nSPS) is 10.3. The van der Waals surface area contributed by atoms with Crippen molar-refractivity contribution in [2.45, 2.75) is 26.7 Å². The molecule has 0 unspecified atom stereocenters. The lowest BCUT2D eigenvalue weighted by atomic mass is 10.2. The number of carbonyl (C=O) groups is 1. The maximum atomic E-state index is 11.8. The zero-order chi connectivity index (χ0) is 14.1. The van der Waals surface area contributed by atoms with Gasteiger partial charge in [0.25, 0.3) is 5.91 Å². The van der Waals surface area contributed by atoms with E-state index >= 15 is 0 Å². The molecular formula is C14H24N4O. The highest BCUT2D eigenvalue weighted by Crippen LogP contribution is 2.11.